The normalized spacial score (nSPS) is 17.8. The topological polar surface area (TPSA) is 91.8 Å². The van der Waals surface area contributed by atoms with E-state index in [0.29, 0.717) is 56.9 Å². The van der Waals surface area contributed by atoms with E-state index in [-0.39, 0.29) is 24.2 Å². The first-order chi connectivity index (χ1) is 17.3. The molecule has 2 aromatic rings. The lowest BCUT2D eigenvalue weighted by molar-refractivity contribution is -0.136. The number of hydrogen-bond acceptors (Lipinski definition) is 7. The molecule has 0 atom stereocenters. The quantitative estimate of drug-likeness (QED) is 0.528. The van der Waals surface area contributed by atoms with E-state index >= 15 is 0 Å². The highest BCUT2D eigenvalue weighted by molar-refractivity contribution is 6.07. The Hall–Kier alpha value is -3.37. The fourth-order valence-electron chi connectivity index (χ4n) is 5.06. The van der Waals surface area contributed by atoms with E-state index in [1.54, 1.807) is 25.2 Å². The molecule has 0 bridgehead atoms. The average molecular weight is 502 g/mol. The minimum atomic E-state index is -0.942. The number of imide groups is 1. The Morgan fingerprint density at radius 3 is 2.42 bits per heavy atom. The second-order valence-corrected chi connectivity index (χ2v) is 9.11. The number of benzene rings is 2. The van der Waals surface area contributed by atoms with Gasteiger partial charge in [-0.3, -0.25) is 14.6 Å². The predicted octanol–water partition coefficient (Wildman–Crippen LogP) is 2.99. The summed E-state index contributed by atoms with van der Waals surface area (Å²) in [5.41, 5.74) is 0.520. The van der Waals surface area contributed by atoms with Crippen molar-refractivity contribution in [2.24, 2.45) is 0 Å². The molecule has 1 spiro atoms. The molecule has 0 saturated carbocycles. The van der Waals surface area contributed by atoms with Gasteiger partial charge in [0.25, 0.3) is 5.91 Å². The summed E-state index contributed by atoms with van der Waals surface area (Å²) in [5, 5.41) is 9.77. The summed E-state index contributed by atoms with van der Waals surface area (Å²) in [6.07, 6.45) is 0.904. The molecule has 2 heterocycles. The van der Waals surface area contributed by atoms with Gasteiger partial charge in [0.15, 0.2) is 17.3 Å². The summed E-state index contributed by atoms with van der Waals surface area (Å²) in [6.45, 7) is 2.31. The third kappa shape index (κ3) is 4.83. The van der Waals surface area contributed by atoms with Crippen molar-refractivity contribution in [2.45, 2.75) is 31.5 Å². The van der Waals surface area contributed by atoms with Crippen LogP contribution in [0.2, 0.25) is 0 Å². The summed E-state index contributed by atoms with van der Waals surface area (Å²) in [7, 11) is 4.51. The van der Waals surface area contributed by atoms with E-state index in [1.807, 2.05) is 24.3 Å². The molecule has 194 valence electrons. The first kappa shape index (κ1) is 25.7. The van der Waals surface area contributed by atoms with Gasteiger partial charge >= 0.3 is 6.03 Å². The molecule has 10 heteroatoms. The minimum Gasteiger partial charge on any atom is -0.502 e. The molecular formula is C26H32FN3O6. The molecule has 2 saturated heterocycles. The summed E-state index contributed by atoms with van der Waals surface area (Å²) in [5.74, 6) is -0.724. The second-order valence-electron chi connectivity index (χ2n) is 9.11. The van der Waals surface area contributed by atoms with Crippen molar-refractivity contribution in [3.8, 4) is 17.2 Å². The number of phenolic OH excluding ortho intramolecular Hbond substituents is 1. The number of methoxy groups -OCH3 is 3. The SMILES string of the molecule is COCCN1C(=O)N(Cc2cccc(OC)c2)C(=O)C12CCN(Cc1cc(F)c(O)c(OC)c1)CC2. The minimum absolute atomic E-state index is 0.0778. The van der Waals surface area contributed by atoms with Crippen molar-refractivity contribution in [3.05, 3.63) is 53.3 Å². The Labute approximate surface area is 209 Å². The smallest absolute Gasteiger partial charge is 0.328 e. The van der Waals surface area contributed by atoms with Gasteiger partial charge in [-0.25, -0.2) is 9.18 Å². The van der Waals surface area contributed by atoms with Gasteiger partial charge in [0, 0.05) is 33.3 Å². The van der Waals surface area contributed by atoms with Crippen LogP contribution in [-0.2, 0) is 22.6 Å². The highest BCUT2D eigenvalue weighted by atomic mass is 19.1. The number of hydrogen-bond donors (Lipinski definition) is 1. The van der Waals surface area contributed by atoms with Crippen molar-refractivity contribution < 1.29 is 33.3 Å². The van der Waals surface area contributed by atoms with E-state index in [2.05, 4.69) is 4.90 Å². The maximum Gasteiger partial charge on any atom is 0.328 e. The number of carbonyl (C=O) groups excluding carboxylic acids is 2. The monoisotopic (exact) mass is 501 g/mol. The van der Waals surface area contributed by atoms with Gasteiger partial charge in [-0.1, -0.05) is 12.1 Å². The Kier molecular flexibility index (Phi) is 7.65. The Morgan fingerprint density at radius 2 is 1.75 bits per heavy atom. The van der Waals surface area contributed by atoms with E-state index in [4.69, 9.17) is 14.2 Å². The molecule has 3 amide bonds. The third-order valence-corrected chi connectivity index (χ3v) is 7.01. The zero-order valence-corrected chi connectivity index (χ0v) is 20.8. The molecule has 2 aliphatic rings. The Balaban J connectivity index is 1.51. The predicted molar refractivity (Wildman–Crippen MR) is 129 cm³/mol. The van der Waals surface area contributed by atoms with Crippen molar-refractivity contribution >= 4 is 11.9 Å². The van der Waals surface area contributed by atoms with E-state index in [1.165, 1.54) is 18.1 Å². The molecule has 0 aliphatic carbocycles. The zero-order chi connectivity index (χ0) is 25.9. The van der Waals surface area contributed by atoms with Gasteiger partial charge in [0.05, 0.1) is 27.4 Å². The van der Waals surface area contributed by atoms with Crippen molar-refractivity contribution in [1.82, 2.24) is 14.7 Å². The molecule has 2 aromatic carbocycles. The number of halogens is 1. The van der Waals surface area contributed by atoms with Crippen molar-refractivity contribution in [2.75, 3.05) is 47.6 Å². The summed E-state index contributed by atoms with van der Waals surface area (Å²) >= 11 is 0. The van der Waals surface area contributed by atoms with Gasteiger partial charge in [0.1, 0.15) is 11.3 Å². The highest BCUT2D eigenvalue weighted by Crippen LogP contribution is 2.39. The first-order valence-corrected chi connectivity index (χ1v) is 11.9. The fourth-order valence-corrected chi connectivity index (χ4v) is 5.06. The first-order valence-electron chi connectivity index (χ1n) is 11.9. The van der Waals surface area contributed by atoms with Gasteiger partial charge in [-0.2, -0.15) is 0 Å². The number of nitrogens with zero attached hydrogens (tertiary/aromatic N) is 3. The van der Waals surface area contributed by atoms with E-state index in [9.17, 15) is 19.1 Å². The molecular weight excluding hydrogens is 469 g/mol. The summed E-state index contributed by atoms with van der Waals surface area (Å²) in [4.78, 5) is 32.2. The summed E-state index contributed by atoms with van der Waals surface area (Å²) < 4.78 is 29.7. The lowest BCUT2D eigenvalue weighted by Gasteiger charge is -2.42. The lowest BCUT2D eigenvalue weighted by Crippen LogP contribution is -2.57. The lowest BCUT2D eigenvalue weighted by atomic mass is 9.85. The summed E-state index contributed by atoms with van der Waals surface area (Å²) in [6, 6.07) is 9.89. The number of amides is 3. The molecule has 36 heavy (non-hydrogen) atoms. The molecule has 0 radical (unpaired) electrons. The van der Waals surface area contributed by atoms with E-state index < -0.39 is 17.1 Å². The standard InChI is InChI=1S/C26H32FN3O6/c1-34-12-11-30-25(33)29(17-18-5-4-6-20(13-18)35-2)24(32)26(30)7-9-28(10-8-26)16-19-14-21(27)23(31)22(15-19)36-3/h4-6,13-15,31H,7-12,16-17H2,1-3H3. The fraction of sp³-hybridized carbons (Fsp3) is 0.462. The van der Waals surface area contributed by atoms with Gasteiger partial charge in [-0.05, 0) is 48.2 Å². The van der Waals surface area contributed by atoms with Gasteiger partial charge in [0.2, 0.25) is 0 Å². The number of ether oxygens (including phenoxy) is 3. The van der Waals surface area contributed by atoms with Crippen LogP contribution in [0.5, 0.6) is 17.2 Å². The Morgan fingerprint density at radius 1 is 1.00 bits per heavy atom. The largest absolute Gasteiger partial charge is 0.502 e. The number of likely N-dealkylation sites (tertiary alicyclic amines) is 1. The molecule has 0 unspecified atom stereocenters. The number of carbonyl (C=O) groups is 2. The number of aromatic hydroxyl groups is 1. The molecule has 0 aromatic heterocycles. The van der Waals surface area contributed by atoms with Crippen LogP contribution in [0.4, 0.5) is 9.18 Å². The van der Waals surface area contributed by atoms with Crippen LogP contribution in [0, 0.1) is 5.82 Å². The van der Waals surface area contributed by atoms with Crippen LogP contribution >= 0.6 is 0 Å². The van der Waals surface area contributed by atoms with Crippen molar-refractivity contribution in [3.63, 3.8) is 0 Å². The maximum atomic E-state index is 14.1. The van der Waals surface area contributed by atoms with Crippen LogP contribution in [0.25, 0.3) is 0 Å². The van der Waals surface area contributed by atoms with Crippen molar-refractivity contribution in [1.29, 1.82) is 0 Å². The highest BCUT2D eigenvalue weighted by Gasteiger charge is 2.57. The molecule has 2 aliphatic heterocycles. The van der Waals surface area contributed by atoms with Gasteiger partial charge in [-0.15, -0.1) is 0 Å². The molecule has 2 fully saturated rings. The van der Waals surface area contributed by atoms with Crippen LogP contribution < -0.4 is 9.47 Å². The van der Waals surface area contributed by atoms with Crippen LogP contribution in [0.15, 0.2) is 36.4 Å². The number of piperidine rings is 1. The number of phenols is 1. The maximum absolute atomic E-state index is 14.1. The van der Waals surface area contributed by atoms with Crippen LogP contribution in [0.3, 0.4) is 0 Å². The average Bonchev–Trinajstić information content (AvgIpc) is 3.07. The van der Waals surface area contributed by atoms with Gasteiger partial charge < -0.3 is 24.2 Å². The van der Waals surface area contributed by atoms with Crippen LogP contribution in [0.1, 0.15) is 24.0 Å². The van der Waals surface area contributed by atoms with E-state index in [0.717, 1.165) is 5.56 Å². The second kappa shape index (κ2) is 10.7. The number of urea groups is 1. The number of rotatable bonds is 9. The Bertz CT molecular complexity index is 1120. The van der Waals surface area contributed by atoms with Crippen LogP contribution in [-0.4, -0.2) is 84.9 Å². The third-order valence-electron chi connectivity index (χ3n) is 7.01. The molecule has 1 N–H and O–H groups in total. The zero-order valence-electron chi connectivity index (χ0n) is 20.8. The molecule has 4 rings (SSSR count). The molecule has 9 nitrogen and oxygen atoms in total.